The summed E-state index contributed by atoms with van der Waals surface area (Å²) in [6.07, 6.45) is 3.02. The zero-order valence-corrected chi connectivity index (χ0v) is 12.8. The van der Waals surface area contributed by atoms with Crippen LogP contribution in [0, 0.1) is 11.3 Å². The van der Waals surface area contributed by atoms with Gasteiger partial charge in [0.05, 0.1) is 7.11 Å². The van der Waals surface area contributed by atoms with Crippen LogP contribution in [0.3, 0.4) is 0 Å². The van der Waals surface area contributed by atoms with E-state index in [-0.39, 0.29) is 17.2 Å². The van der Waals surface area contributed by atoms with E-state index >= 15 is 0 Å². The first-order chi connectivity index (χ1) is 10.7. The molecule has 5 heteroatoms. The second-order valence-electron chi connectivity index (χ2n) is 6.24. The van der Waals surface area contributed by atoms with Crippen molar-refractivity contribution in [3.63, 3.8) is 0 Å². The maximum atomic E-state index is 12.5. The van der Waals surface area contributed by atoms with Crippen LogP contribution >= 0.6 is 0 Å². The molecule has 1 aliphatic heterocycles. The van der Waals surface area contributed by atoms with E-state index in [9.17, 15) is 9.59 Å². The number of esters is 1. The molecule has 2 N–H and O–H groups in total. The molecule has 0 aromatic heterocycles. The molecule has 0 radical (unpaired) electrons. The Balaban J connectivity index is 1.69. The lowest BCUT2D eigenvalue weighted by Crippen LogP contribution is -2.38. The molecule has 1 saturated heterocycles. The first kappa shape index (κ1) is 15.0. The van der Waals surface area contributed by atoms with Crippen molar-refractivity contribution in [2.45, 2.75) is 25.3 Å². The fourth-order valence-corrected chi connectivity index (χ4v) is 3.48. The number of ether oxygens (including phenoxy) is 1. The molecule has 2 unspecified atom stereocenters. The van der Waals surface area contributed by atoms with Gasteiger partial charge in [-0.1, -0.05) is 30.3 Å². The lowest BCUT2D eigenvalue weighted by Gasteiger charge is -2.24. The van der Waals surface area contributed by atoms with Crippen molar-refractivity contribution in [3.8, 4) is 0 Å². The van der Waals surface area contributed by atoms with Gasteiger partial charge in [0.25, 0.3) is 0 Å². The van der Waals surface area contributed by atoms with Crippen LogP contribution in [-0.2, 0) is 14.3 Å². The van der Waals surface area contributed by atoms with Crippen molar-refractivity contribution in [1.29, 1.82) is 0 Å². The minimum absolute atomic E-state index is 0.0267. The summed E-state index contributed by atoms with van der Waals surface area (Å²) < 4.78 is 4.84. The topological polar surface area (TPSA) is 67.4 Å². The molecule has 1 amide bonds. The number of amides is 1. The average Bonchev–Trinajstić information content (AvgIpc) is 3.26. The van der Waals surface area contributed by atoms with Crippen LogP contribution in [0.5, 0.6) is 0 Å². The van der Waals surface area contributed by atoms with Crippen LogP contribution in [-0.4, -0.2) is 32.1 Å². The number of hydrogen-bond acceptors (Lipinski definition) is 4. The lowest BCUT2D eigenvalue weighted by atomic mass is 9.91. The molecule has 2 aliphatic rings. The molecule has 1 aromatic carbocycles. The summed E-state index contributed by atoms with van der Waals surface area (Å²) in [5.41, 5.74) is 0.912. The number of nitrogens with one attached hydrogen (secondary N) is 2. The number of hydrogen-bond donors (Lipinski definition) is 2. The van der Waals surface area contributed by atoms with Gasteiger partial charge >= 0.3 is 5.97 Å². The second-order valence-corrected chi connectivity index (χ2v) is 6.24. The maximum Gasteiger partial charge on any atom is 0.333 e. The summed E-state index contributed by atoms with van der Waals surface area (Å²) in [5.74, 6) is -0.425. The smallest absolute Gasteiger partial charge is 0.333 e. The SMILES string of the molecule is COC(=O)C(NC(=O)C1CC12CCNCC2)c1ccccc1. The third-order valence-electron chi connectivity index (χ3n) is 4.96. The monoisotopic (exact) mass is 302 g/mol. The number of benzene rings is 1. The third-order valence-corrected chi connectivity index (χ3v) is 4.96. The van der Waals surface area contributed by atoms with Crippen molar-refractivity contribution in [1.82, 2.24) is 10.6 Å². The summed E-state index contributed by atoms with van der Waals surface area (Å²) in [6.45, 7) is 1.95. The van der Waals surface area contributed by atoms with Crippen molar-refractivity contribution in [2.75, 3.05) is 20.2 Å². The number of rotatable bonds is 4. The van der Waals surface area contributed by atoms with Crippen LogP contribution in [0.2, 0.25) is 0 Å². The Morgan fingerprint density at radius 1 is 1.27 bits per heavy atom. The standard InChI is InChI=1S/C17H22N2O3/c1-22-16(21)14(12-5-3-2-4-6-12)19-15(20)13-11-17(13)7-9-18-10-8-17/h2-6,13-14,18H,7-11H2,1H3,(H,19,20). The molecule has 22 heavy (non-hydrogen) atoms. The fourth-order valence-electron chi connectivity index (χ4n) is 3.48. The molecule has 118 valence electrons. The Labute approximate surface area is 130 Å². The summed E-state index contributed by atoms with van der Waals surface area (Å²) in [6, 6.07) is 8.51. The van der Waals surface area contributed by atoms with E-state index in [1.807, 2.05) is 30.3 Å². The van der Waals surface area contributed by atoms with Gasteiger partial charge in [0.15, 0.2) is 6.04 Å². The Kier molecular flexibility index (Phi) is 4.16. The number of methoxy groups -OCH3 is 1. The minimum Gasteiger partial charge on any atom is -0.467 e. The van der Waals surface area contributed by atoms with E-state index in [2.05, 4.69) is 10.6 Å². The Bertz CT molecular complexity index is 552. The molecule has 0 bridgehead atoms. The quantitative estimate of drug-likeness (QED) is 0.825. The Morgan fingerprint density at radius 2 is 1.95 bits per heavy atom. The summed E-state index contributed by atoms with van der Waals surface area (Å²) >= 11 is 0. The highest BCUT2D eigenvalue weighted by Crippen LogP contribution is 2.58. The van der Waals surface area contributed by atoms with Gasteiger partial charge in [-0.3, -0.25) is 4.79 Å². The van der Waals surface area contributed by atoms with Gasteiger partial charge in [0.2, 0.25) is 5.91 Å². The minimum atomic E-state index is -0.724. The summed E-state index contributed by atoms with van der Waals surface area (Å²) in [5, 5.41) is 6.21. The highest BCUT2D eigenvalue weighted by molar-refractivity contribution is 5.88. The third kappa shape index (κ3) is 2.86. The van der Waals surface area contributed by atoms with Crippen LogP contribution in [0.1, 0.15) is 30.9 Å². The van der Waals surface area contributed by atoms with Crippen LogP contribution < -0.4 is 10.6 Å². The van der Waals surface area contributed by atoms with Gasteiger partial charge in [0, 0.05) is 5.92 Å². The predicted octanol–water partition coefficient (Wildman–Crippen LogP) is 1.41. The largest absolute Gasteiger partial charge is 0.467 e. The molecule has 2 fully saturated rings. The first-order valence-electron chi connectivity index (χ1n) is 7.80. The molecule has 3 rings (SSSR count). The van der Waals surface area contributed by atoms with Gasteiger partial charge in [-0.05, 0) is 43.3 Å². The second kappa shape index (κ2) is 6.08. The molecule has 1 aromatic rings. The van der Waals surface area contributed by atoms with Gasteiger partial charge in [-0.15, -0.1) is 0 Å². The van der Waals surface area contributed by atoms with Crippen molar-refractivity contribution in [3.05, 3.63) is 35.9 Å². The van der Waals surface area contributed by atoms with E-state index in [1.165, 1.54) is 7.11 Å². The van der Waals surface area contributed by atoms with Crippen LogP contribution in [0.25, 0.3) is 0 Å². The average molecular weight is 302 g/mol. The summed E-state index contributed by atoms with van der Waals surface area (Å²) in [4.78, 5) is 24.6. The van der Waals surface area contributed by atoms with Crippen molar-refractivity contribution >= 4 is 11.9 Å². The normalized spacial score (nSPS) is 23.6. The number of carbonyl (C=O) groups excluding carboxylic acids is 2. The number of piperidine rings is 1. The van der Waals surface area contributed by atoms with E-state index in [0.717, 1.165) is 37.9 Å². The Hall–Kier alpha value is -1.88. The molecule has 2 atom stereocenters. The first-order valence-corrected chi connectivity index (χ1v) is 7.80. The molecular formula is C17H22N2O3. The van der Waals surface area contributed by atoms with E-state index in [1.54, 1.807) is 0 Å². The maximum absolute atomic E-state index is 12.5. The van der Waals surface area contributed by atoms with Gasteiger partial charge in [0.1, 0.15) is 0 Å². The molecule has 1 spiro atoms. The van der Waals surface area contributed by atoms with Crippen LogP contribution in [0.4, 0.5) is 0 Å². The fraction of sp³-hybridized carbons (Fsp3) is 0.529. The molecule has 1 heterocycles. The van der Waals surface area contributed by atoms with Gasteiger partial charge in [-0.2, -0.15) is 0 Å². The lowest BCUT2D eigenvalue weighted by molar-refractivity contribution is -0.145. The van der Waals surface area contributed by atoms with Gasteiger partial charge < -0.3 is 15.4 Å². The molecular weight excluding hydrogens is 280 g/mol. The van der Waals surface area contributed by atoms with E-state index in [0.29, 0.717) is 0 Å². The summed E-state index contributed by atoms with van der Waals surface area (Å²) in [7, 11) is 1.34. The van der Waals surface area contributed by atoms with Crippen molar-refractivity contribution in [2.24, 2.45) is 11.3 Å². The zero-order chi connectivity index (χ0) is 15.6. The van der Waals surface area contributed by atoms with Crippen LogP contribution in [0.15, 0.2) is 30.3 Å². The Morgan fingerprint density at radius 3 is 2.59 bits per heavy atom. The van der Waals surface area contributed by atoms with Gasteiger partial charge in [-0.25, -0.2) is 4.79 Å². The highest BCUT2D eigenvalue weighted by Gasteiger charge is 2.57. The van der Waals surface area contributed by atoms with E-state index in [4.69, 9.17) is 4.74 Å². The molecule has 1 saturated carbocycles. The zero-order valence-electron chi connectivity index (χ0n) is 12.8. The molecule has 1 aliphatic carbocycles. The number of carbonyl (C=O) groups is 2. The van der Waals surface area contributed by atoms with E-state index < -0.39 is 12.0 Å². The predicted molar refractivity (Wildman–Crippen MR) is 82.0 cm³/mol. The van der Waals surface area contributed by atoms with Crippen molar-refractivity contribution < 1.29 is 14.3 Å². The molecule has 5 nitrogen and oxygen atoms in total. The highest BCUT2D eigenvalue weighted by atomic mass is 16.5.